The van der Waals surface area contributed by atoms with E-state index >= 15 is 0 Å². The highest BCUT2D eigenvalue weighted by Crippen LogP contribution is 2.29. The Morgan fingerprint density at radius 3 is 2.97 bits per heavy atom. The van der Waals surface area contributed by atoms with E-state index in [9.17, 15) is 14.4 Å². The number of anilines is 2. The number of nitriles is 1. The second kappa shape index (κ2) is 9.77. The van der Waals surface area contributed by atoms with E-state index in [0.717, 1.165) is 6.42 Å². The van der Waals surface area contributed by atoms with Crippen LogP contribution in [0.4, 0.5) is 16.0 Å². The van der Waals surface area contributed by atoms with Crippen molar-refractivity contribution in [3.05, 3.63) is 59.2 Å². The number of hydrogen-bond acceptors (Lipinski definition) is 7. The van der Waals surface area contributed by atoms with Gasteiger partial charge in [0.05, 0.1) is 23.8 Å². The van der Waals surface area contributed by atoms with Gasteiger partial charge in [-0.2, -0.15) is 10.4 Å². The number of ether oxygens (including phenoxy) is 2. The maximum Gasteiger partial charge on any atom is 0.259 e. The van der Waals surface area contributed by atoms with Crippen LogP contribution >= 0.6 is 0 Å². The molecule has 2 atom stereocenters. The van der Waals surface area contributed by atoms with Crippen LogP contribution in [0, 0.1) is 24.1 Å². The zero-order chi connectivity index (χ0) is 23.4. The molecular weight excluding hydrogens is 427 g/mol. The first-order chi connectivity index (χ1) is 16.0. The molecule has 2 aromatic heterocycles. The quantitative estimate of drug-likeness (QED) is 0.526. The van der Waals surface area contributed by atoms with Crippen LogP contribution in [0.2, 0.25) is 0 Å². The number of rotatable bonds is 6. The molecule has 0 aliphatic carbocycles. The Hall–Kier alpha value is -3.81. The van der Waals surface area contributed by atoms with Crippen molar-refractivity contribution < 1.29 is 18.7 Å². The Bertz CT molecular complexity index is 1190. The lowest BCUT2D eigenvalue weighted by molar-refractivity contribution is -0.0367. The average Bonchev–Trinajstić information content (AvgIpc) is 3.33. The summed E-state index contributed by atoms with van der Waals surface area (Å²) in [5.74, 6) is -0.557. The van der Waals surface area contributed by atoms with E-state index in [1.165, 1.54) is 12.1 Å². The number of nitrogens with zero attached hydrogens (tertiary/aromatic N) is 3. The fourth-order valence-corrected chi connectivity index (χ4v) is 3.77. The predicted molar refractivity (Wildman–Crippen MR) is 119 cm³/mol. The van der Waals surface area contributed by atoms with Gasteiger partial charge in [0.25, 0.3) is 5.91 Å². The molecule has 4 rings (SSSR count). The van der Waals surface area contributed by atoms with Crippen molar-refractivity contribution in [3.63, 3.8) is 0 Å². The summed E-state index contributed by atoms with van der Waals surface area (Å²) in [6.45, 7) is 2.79. The van der Waals surface area contributed by atoms with Crippen molar-refractivity contribution in [2.75, 3.05) is 31.0 Å². The molecule has 1 saturated heterocycles. The van der Waals surface area contributed by atoms with Crippen LogP contribution in [0.15, 0.2) is 36.7 Å². The van der Waals surface area contributed by atoms with Crippen LogP contribution in [0.3, 0.4) is 0 Å². The summed E-state index contributed by atoms with van der Waals surface area (Å²) in [6.07, 6.45) is 3.71. The lowest BCUT2D eigenvalue weighted by Crippen LogP contribution is -2.43. The van der Waals surface area contributed by atoms with Crippen LogP contribution in [-0.4, -0.2) is 53.6 Å². The Morgan fingerprint density at radius 2 is 2.24 bits per heavy atom. The van der Waals surface area contributed by atoms with Gasteiger partial charge >= 0.3 is 0 Å². The Labute approximate surface area is 189 Å². The number of nitrogens with one attached hydrogen (secondary N) is 3. The Balaban J connectivity index is 1.63. The molecule has 0 bridgehead atoms. The van der Waals surface area contributed by atoms with Crippen molar-refractivity contribution in [2.24, 2.45) is 0 Å². The smallest absolute Gasteiger partial charge is 0.259 e. The average molecular weight is 450 g/mol. The molecular formula is C23H23FN6O3. The molecule has 9 nitrogen and oxygen atoms in total. The Kier molecular flexibility index (Phi) is 6.63. The third kappa shape index (κ3) is 4.84. The lowest BCUT2D eigenvalue weighted by atomic mass is 9.97. The molecule has 0 unspecified atom stereocenters. The van der Waals surface area contributed by atoms with E-state index in [0.29, 0.717) is 41.3 Å². The molecule has 3 N–H and O–H groups in total. The third-order valence-corrected chi connectivity index (χ3v) is 5.55. The maximum atomic E-state index is 14.6. The van der Waals surface area contributed by atoms with E-state index < -0.39 is 11.7 Å². The molecule has 3 aromatic rings. The van der Waals surface area contributed by atoms with Crippen molar-refractivity contribution in [1.82, 2.24) is 15.2 Å². The summed E-state index contributed by atoms with van der Waals surface area (Å²) in [5.41, 5.74) is 2.00. The van der Waals surface area contributed by atoms with Gasteiger partial charge in [-0.25, -0.2) is 9.37 Å². The SMILES string of the molecule is CO[C@@H]1COCC[C@@H]1Nc1ncc(-c2cc(C(=O)Nc3cc[nH]n3)c(F)cc2C)cc1C#N. The topological polar surface area (TPSA) is 125 Å². The first-order valence-corrected chi connectivity index (χ1v) is 10.4. The summed E-state index contributed by atoms with van der Waals surface area (Å²) in [7, 11) is 1.62. The van der Waals surface area contributed by atoms with Crippen LogP contribution in [0.5, 0.6) is 0 Å². The van der Waals surface area contributed by atoms with Gasteiger partial charge in [0, 0.05) is 37.7 Å². The molecule has 33 heavy (non-hydrogen) atoms. The zero-order valence-corrected chi connectivity index (χ0v) is 18.2. The number of hydrogen-bond donors (Lipinski definition) is 3. The number of benzene rings is 1. The molecule has 1 fully saturated rings. The van der Waals surface area contributed by atoms with Gasteiger partial charge < -0.3 is 20.1 Å². The first-order valence-electron chi connectivity index (χ1n) is 10.4. The molecule has 0 spiro atoms. The van der Waals surface area contributed by atoms with Gasteiger partial charge in [-0.15, -0.1) is 0 Å². The van der Waals surface area contributed by atoms with Gasteiger partial charge in [0.1, 0.15) is 23.8 Å². The van der Waals surface area contributed by atoms with E-state index in [2.05, 4.69) is 31.9 Å². The standard InChI is InChI=1S/C23H23FN6O3/c1-13-7-18(24)17(23(31)29-21-3-5-27-30-21)9-16(13)15-8-14(10-25)22(26-11-15)28-19-4-6-33-12-20(19)32-2/h3,5,7-9,11,19-20H,4,6,12H2,1-2H3,(H,26,28)(H2,27,29,30,31)/t19-,20+/m0/s1. The number of carbonyl (C=O) groups is 1. The summed E-state index contributed by atoms with van der Waals surface area (Å²) >= 11 is 0. The summed E-state index contributed by atoms with van der Waals surface area (Å²) in [4.78, 5) is 17.0. The maximum absolute atomic E-state index is 14.6. The first kappa shape index (κ1) is 22.4. The number of aryl methyl sites for hydroxylation is 1. The van der Waals surface area contributed by atoms with Crippen LogP contribution in [-0.2, 0) is 9.47 Å². The molecule has 3 heterocycles. The molecule has 0 radical (unpaired) electrons. The van der Waals surface area contributed by atoms with Crippen LogP contribution < -0.4 is 10.6 Å². The molecule has 1 aromatic carbocycles. The highest BCUT2D eigenvalue weighted by atomic mass is 19.1. The number of methoxy groups -OCH3 is 1. The summed E-state index contributed by atoms with van der Waals surface area (Å²) in [5, 5.41) is 22.0. The van der Waals surface area contributed by atoms with E-state index in [1.807, 2.05) is 0 Å². The number of amides is 1. The summed E-state index contributed by atoms with van der Waals surface area (Å²) < 4.78 is 25.5. The highest BCUT2D eigenvalue weighted by Gasteiger charge is 2.27. The molecule has 170 valence electrons. The van der Waals surface area contributed by atoms with Gasteiger partial charge in [-0.05, 0) is 42.7 Å². The van der Waals surface area contributed by atoms with Gasteiger partial charge in [0.15, 0.2) is 5.82 Å². The number of H-pyrrole nitrogens is 1. The predicted octanol–water partition coefficient (Wildman–Crippen LogP) is 3.26. The third-order valence-electron chi connectivity index (χ3n) is 5.55. The molecule has 1 aliphatic heterocycles. The normalized spacial score (nSPS) is 17.9. The summed E-state index contributed by atoms with van der Waals surface area (Å²) in [6, 6.07) is 8.10. The van der Waals surface area contributed by atoms with E-state index in [4.69, 9.17) is 9.47 Å². The van der Waals surface area contributed by atoms with E-state index in [-0.39, 0.29) is 23.5 Å². The number of aromatic amines is 1. The number of pyridine rings is 1. The minimum Gasteiger partial charge on any atom is -0.379 e. The highest BCUT2D eigenvalue weighted by molar-refractivity contribution is 6.04. The number of halogens is 1. The number of carbonyl (C=O) groups excluding carboxylic acids is 1. The van der Waals surface area contributed by atoms with Crippen molar-refractivity contribution >= 4 is 17.5 Å². The fourth-order valence-electron chi connectivity index (χ4n) is 3.77. The van der Waals surface area contributed by atoms with Gasteiger partial charge in [-0.1, -0.05) is 0 Å². The molecule has 1 amide bonds. The monoisotopic (exact) mass is 450 g/mol. The van der Waals surface area contributed by atoms with Crippen molar-refractivity contribution in [3.8, 4) is 17.2 Å². The van der Waals surface area contributed by atoms with Crippen LogP contribution in [0.25, 0.3) is 11.1 Å². The fraction of sp³-hybridized carbons (Fsp3) is 0.304. The minimum absolute atomic E-state index is 0.0425. The lowest BCUT2D eigenvalue weighted by Gasteiger charge is -2.31. The molecule has 1 aliphatic rings. The second-order valence-corrected chi connectivity index (χ2v) is 7.68. The molecule has 10 heteroatoms. The van der Waals surface area contributed by atoms with Crippen molar-refractivity contribution in [1.29, 1.82) is 5.26 Å². The number of aromatic nitrogens is 3. The van der Waals surface area contributed by atoms with Gasteiger partial charge in [0.2, 0.25) is 0 Å². The zero-order valence-electron chi connectivity index (χ0n) is 18.2. The van der Waals surface area contributed by atoms with Crippen molar-refractivity contribution in [2.45, 2.75) is 25.5 Å². The minimum atomic E-state index is -0.652. The van der Waals surface area contributed by atoms with Gasteiger partial charge in [-0.3, -0.25) is 9.89 Å². The molecule has 0 saturated carbocycles. The Morgan fingerprint density at radius 1 is 1.39 bits per heavy atom. The second-order valence-electron chi connectivity index (χ2n) is 7.68. The van der Waals surface area contributed by atoms with E-state index in [1.54, 1.807) is 38.6 Å². The largest absolute Gasteiger partial charge is 0.379 e. The van der Waals surface area contributed by atoms with Crippen LogP contribution in [0.1, 0.15) is 27.9 Å².